The van der Waals surface area contributed by atoms with Crippen LogP contribution in [0.2, 0.25) is 0 Å². The molecular formula is C25H31N7O2. The van der Waals surface area contributed by atoms with E-state index in [2.05, 4.69) is 40.1 Å². The molecule has 0 fully saturated rings. The third-order valence-electron chi connectivity index (χ3n) is 5.43. The standard InChI is InChI=1S/C25H31N7O2/c1-25(2,13-14-28-24(34)30-16-17-9-12-21(26)29-15-17)20-11-10-19(23(33)27-3)22(32-20)31-18-7-5-4-6-8-18/h4-12,15H,13-14,16H2,1-3H3,(H2,26,29)(H,27,33)(H,31,32)(H2,28,30,34). The normalized spacial score (nSPS) is 10.9. The SMILES string of the molecule is CNC(=O)c1ccc(C(C)(C)CCNC(=O)NCc2ccc(N)nc2)nc1Nc1ccccc1. The molecule has 0 unspecified atom stereocenters. The summed E-state index contributed by atoms with van der Waals surface area (Å²) >= 11 is 0. The van der Waals surface area contributed by atoms with Gasteiger partial charge in [0.1, 0.15) is 11.6 Å². The predicted molar refractivity (Wildman–Crippen MR) is 134 cm³/mol. The third kappa shape index (κ3) is 6.68. The van der Waals surface area contributed by atoms with Crippen LogP contribution in [0.3, 0.4) is 0 Å². The van der Waals surface area contributed by atoms with Gasteiger partial charge in [0, 0.05) is 43.1 Å². The fourth-order valence-electron chi connectivity index (χ4n) is 3.31. The van der Waals surface area contributed by atoms with Crippen LogP contribution in [-0.4, -0.2) is 35.5 Å². The quantitative estimate of drug-likeness (QED) is 0.332. The van der Waals surface area contributed by atoms with E-state index in [0.717, 1.165) is 16.9 Å². The second-order valence-corrected chi connectivity index (χ2v) is 8.50. The van der Waals surface area contributed by atoms with Crippen LogP contribution >= 0.6 is 0 Å². The molecule has 2 heterocycles. The summed E-state index contributed by atoms with van der Waals surface area (Å²) < 4.78 is 0. The lowest BCUT2D eigenvalue weighted by Crippen LogP contribution is -2.37. The van der Waals surface area contributed by atoms with Crippen LogP contribution in [0, 0.1) is 0 Å². The number of hydrogen-bond acceptors (Lipinski definition) is 6. The van der Waals surface area contributed by atoms with Gasteiger partial charge in [-0.1, -0.05) is 38.1 Å². The Hall–Kier alpha value is -4.14. The molecule has 0 saturated carbocycles. The summed E-state index contributed by atoms with van der Waals surface area (Å²) in [6.45, 7) is 4.93. The van der Waals surface area contributed by atoms with E-state index < -0.39 is 0 Å². The third-order valence-corrected chi connectivity index (χ3v) is 5.43. The fraction of sp³-hybridized carbons (Fsp3) is 0.280. The molecule has 9 heteroatoms. The molecule has 9 nitrogen and oxygen atoms in total. The molecule has 0 radical (unpaired) electrons. The number of carbonyl (C=O) groups excluding carboxylic acids is 2. The Labute approximate surface area is 199 Å². The van der Waals surface area contributed by atoms with Gasteiger partial charge in [-0.2, -0.15) is 0 Å². The van der Waals surface area contributed by atoms with Gasteiger partial charge in [-0.15, -0.1) is 0 Å². The van der Waals surface area contributed by atoms with Gasteiger partial charge in [-0.25, -0.2) is 14.8 Å². The molecule has 34 heavy (non-hydrogen) atoms. The number of carbonyl (C=O) groups is 2. The van der Waals surface area contributed by atoms with Crippen LogP contribution in [0.4, 0.5) is 22.1 Å². The van der Waals surface area contributed by atoms with Crippen LogP contribution in [0.5, 0.6) is 0 Å². The fourth-order valence-corrected chi connectivity index (χ4v) is 3.31. The van der Waals surface area contributed by atoms with E-state index in [0.29, 0.717) is 36.7 Å². The van der Waals surface area contributed by atoms with Crippen molar-refractivity contribution in [1.82, 2.24) is 25.9 Å². The van der Waals surface area contributed by atoms with E-state index in [1.165, 1.54) is 0 Å². The molecule has 0 bridgehead atoms. The lowest BCUT2D eigenvalue weighted by Gasteiger charge is -2.25. The minimum absolute atomic E-state index is 0.218. The first-order valence-electron chi connectivity index (χ1n) is 11.1. The molecule has 0 aliphatic rings. The van der Waals surface area contributed by atoms with Gasteiger partial charge in [0.05, 0.1) is 5.56 Å². The maximum atomic E-state index is 12.4. The number of nitrogens with two attached hydrogens (primary N) is 1. The van der Waals surface area contributed by atoms with Gasteiger partial charge in [-0.05, 0) is 42.3 Å². The lowest BCUT2D eigenvalue weighted by molar-refractivity contribution is 0.0963. The maximum Gasteiger partial charge on any atom is 0.315 e. The van der Waals surface area contributed by atoms with Crippen molar-refractivity contribution in [2.45, 2.75) is 32.2 Å². The number of rotatable bonds is 9. The Morgan fingerprint density at radius 3 is 2.44 bits per heavy atom. The Morgan fingerprint density at radius 2 is 1.76 bits per heavy atom. The van der Waals surface area contributed by atoms with E-state index in [1.807, 2.05) is 42.5 Å². The number of nitrogens with zero attached hydrogens (tertiary/aromatic N) is 2. The summed E-state index contributed by atoms with van der Waals surface area (Å²) in [6.07, 6.45) is 2.29. The lowest BCUT2D eigenvalue weighted by atomic mass is 9.85. The van der Waals surface area contributed by atoms with Crippen molar-refractivity contribution >= 4 is 29.3 Å². The highest BCUT2D eigenvalue weighted by atomic mass is 16.2. The number of urea groups is 1. The van der Waals surface area contributed by atoms with Gasteiger partial charge >= 0.3 is 6.03 Å². The number of hydrogen-bond donors (Lipinski definition) is 5. The Balaban J connectivity index is 1.62. The molecule has 2 aromatic heterocycles. The van der Waals surface area contributed by atoms with Crippen LogP contribution in [-0.2, 0) is 12.0 Å². The predicted octanol–water partition coefficient (Wildman–Crippen LogP) is 3.33. The van der Waals surface area contributed by atoms with Crippen LogP contribution in [0.1, 0.15) is 41.9 Å². The van der Waals surface area contributed by atoms with Crippen molar-refractivity contribution < 1.29 is 9.59 Å². The van der Waals surface area contributed by atoms with Gasteiger partial charge in [0.25, 0.3) is 5.91 Å². The summed E-state index contributed by atoms with van der Waals surface area (Å²) in [7, 11) is 1.59. The zero-order chi connectivity index (χ0) is 24.6. The molecule has 0 saturated heterocycles. The number of aromatic nitrogens is 2. The van der Waals surface area contributed by atoms with Gasteiger partial charge in [-0.3, -0.25) is 4.79 Å². The average Bonchev–Trinajstić information content (AvgIpc) is 2.83. The maximum absolute atomic E-state index is 12.4. The van der Waals surface area contributed by atoms with Gasteiger partial charge in [0.15, 0.2) is 0 Å². The summed E-state index contributed by atoms with van der Waals surface area (Å²) in [4.78, 5) is 33.3. The molecule has 1 aromatic carbocycles. The van der Waals surface area contributed by atoms with E-state index in [-0.39, 0.29) is 17.4 Å². The zero-order valence-corrected chi connectivity index (χ0v) is 19.7. The number of pyridine rings is 2. The first-order chi connectivity index (χ1) is 16.3. The molecule has 6 N–H and O–H groups in total. The molecule has 0 atom stereocenters. The van der Waals surface area contributed by atoms with Crippen LogP contribution < -0.4 is 27.0 Å². The van der Waals surface area contributed by atoms with Crippen molar-refractivity contribution in [3.05, 3.63) is 77.6 Å². The Morgan fingerprint density at radius 1 is 1.00 bits per heavy atom. The van der Waals surface area contributed by atoms with Crippen molar-refractivity contribution in [3.63, 3.8) is 0 Å². The van der Waals surface area contributed by atoms with Crippen molar-refractivity contribution in [2.24, 2.45) is 0 Å². The highest BCUT2D eigenvalue weighted by Crippen LogP contribution is 2.28. The zero-order valence-electron chi connectivity index (χ0n) is 19.7. The van der Waals surface area contributed by atoms with Crippen molar-refractivity contribution in [1.29, 1.82) is 0 Å². The highest BCUT2D eigenvalue weighted by molar-refractivity contribution is 5.99. The minimum atomic E-state index is -0.345. The molecule has 178 valence electrons. The topological polar surface area (TPSA) is 134 Å². The highest BCUT2D eigenvalue weighted by Gasteiger charge is 2.24. The number of anilines is 3. The molecule has 0 aliphatic carbocycles. The van der Waals surface area contributed by atoms with Crippen LogP contribution in [0.25, 0.3) is 0 Å². The minimum Gasteiger partial charge on any atom is -0.384 e. The molecule has 0 spiro atoms. The number of para-hydroxylation sites is 1. The summed E-state index contributed by atoms with van der Waals surface area (Å²) in [6, 6.07) is 16.5. The molecule has 3 rings (SSSR count). The summed E-state index contributed by atoms with van der Waals surface area (Å²) in [5.41, 5.74) is 8.21. The average molecular weight is 462 g/mol. The second kappa shape index (κ2) is 11.1. The number of amides is 3. The van der Waals surface area contributed by atoms with E-state index in [9.17, 15) is 9.59 Å². The molecule has 3 aromatic rings. The second-order valence-electron chi connectivity index (χ2n) is 8.50. The van der Waals surface area contributed by atoms with Gasteiger partial charge < -0.3 is 27.0 Å². The van der Waals surface area contributed by atoms with Crippen molar-refractivity contribution in [3.8, 4) is 0 Å². The number of nitrogen functional groups attached to an aromatic ring is 1. The van der Waals surface area contributed by atoms with Gasteiger partial charge in [0.2, 0.25) is 0 Å². The largest absolute Gasteiger partial charge is 0.384 e. The number of benzene rings is 1. The summed E-state index contributed by atoms with van der Waals surface area (Å²) in [5.74, 6) is 0.707. The Bertz CT molecular complexity index is 1120. The summed E-state index contributed by atoms with van der Waals surface area (Å²) in [5, 5.41) is 11.6. The Kier molecular flexibility index (Phi) is 8.02. The van der Waals surface area contributed by atoms with E-state index >= 15 is 0 Å². The number of nitrogens with one attached hydrogen (secondary N) is 4. The van der Waals surface area contributed by atoms with E-state index in [4.69, 9.17) is 10.7 Å². The monoisotopic (exact) mass is 461 g/mol. The first kappa shape index (κ1) is 24.5. The van der Waals surface area contributed by atoms with E-state index in [1.54, 1.807) is 25.4 Å². The molecular weight excluding hydrogens is 430 g/mol. The molecule has 0 aliphatic heterocycles. The van der Waals surface area contributed by atoms with Crippen molar-refractivity contribution in [2.75, 3.05) is 24.6 Å². The first-order valence-corrected chi connectivity index (χ1v) is 11.1. The smallest absolute Gasteiger partial charge is 0.315 e. The molecule has 3 amide bonds. The van der Waals surface area contributed by atoms with Crippen LogP contribution in [0.15, 0.2) is 60.8 Å².